The van der Waals surface area contributed by atoms with Crippen LogP contribution in [0, 0.1) is 0 Å². The third kappa shape index (κ3) is 3.08. The first kappa shape index (κ1) is 14.5. The van der Waals surface area contributed by atoms with Gasteiger partial charge in [-0.3, -0.25) is 4.68 Å². The van der Waals surface area contributed by atoms with Crippen molar-refractivity contribution in [2.24, 2.45) is 0 Å². The maximum absolute atomic E-state index is 13.0. The number of nitrogens with one attached hydrogen (secondary N) is 1. The van der Waals surface area contributed by atoms with E-state index in [4.69, 9.17) is 0 Å². The van der Waals surface area contributed by atoms with Crippen LogP contribution in [0.3, 0.4) is 0 Å². The van der Waals surface area contributed by atoms with Gasteiger partial charge in [-0.15, -0.1) is 11.8 Å². The van der Waals surface area contributed by atoms with Gasteiger partial charge in [-0.05, 0) is 11.6 Å². The van der Waals surface area contributed by atoms with Crippen molar-refractivity contribution in [2.75, 3.05) is 6.54 Å². The minimum absolute atomic E-state index is 0.286. The number of thioether (sulfide) groups is 1. The quantitative estimate of drug-likeness (QED) is 0.882. The lowest BCUT2D eigenvalue weighted by atomic mass is 10.1. The standard InChI is InChI=1S/C14H14F3N3S/c15-14(16,17)11-4-2-1-3-10(11)9-21-13-8-19-20-6-5-18-7-12(13)20/h1-4,8,18H,5-7,9H2. The summed E-state index contributed by atoms with van der Waals surface area (Å²) in [5.74, 6) is 0.286. The monoisotopic (exact) mass is 313 g/mol. The molecule has 1 aromatic heterocycles. The lowest BCUT2D eigenvalue weighted by molar-refractivity contribution is -0.138. The topological polar surface area (TPSA) is 29.9 Å². The SMILES string of the molecule is FC(F)(F)c1ccccc1CSc1cnn2c1CNCC2. The van der Waals surface area contributed by atoms with Gasteiger partial charge in [0.05, 0.1) is 28.9 Å². The zero-order valence-electron chi connectivity index (χ0n) is 11.2. The molecular formula is C14H14F3N3S. The van der Waals surface area contributed by atoms with Crippen molar-refractivity contribution < 1.29 is 13.2 Å². The molecule has 0 atom stereocenters. The van der Waals surface area contributed by atoms with Crippen molar-refractivity contribution in [1.82, 2.24) is 15.1 Å². The van der Waals surface area contributed by atoms with Crippen LogP contribution in [0.4, 0.5) is 13.2 Å². The summed E-state index contributed by atoms with van der Waals surface area (Å²) in [6.07, 6.45) is -2.57. The second-order valence-corrected chi connectivity index (χ2v) is 5.82. The molecule has 0 unspecified atom stereocenters. The van der Waals surface area contributed by atoms with Gasteiger partial charge in [0, 0.05) is 18.8 Å². The average Bonchev–Trinajstić information content (AvgIpc) is 2.88. The third-order valence-electron chi connectivity index (χ3n) is 3.41. The Labute approximate surface area is 124 Å². The molecule has 2 heterocycles. The predicted molar refractivity (Wildman–Crippen MR) is 74.9 cm³/mol. The highest BCUT2D eigenvalue weighted by Gasteiger charge is 2.32. The van der Waals surface area contributed by atoms with Crippen molar-refractivity contribution in [3.63, 3.8) is 0 Å². The van der Waals surface area contributed by atoms with E-state index in [1.165, 1.54) is 23.9 Å². The van der Waals surface area contributed by atoms with E-state index in [1.54, 1.807) is 12.3 Å². The zero-order valence-corrected chi connectivity index (χ0v) is 12.0. The Morgan fingerprint density at radius 1 is 1.29 bits per heavy atom. The molecule has 1 aromatic carbocycles. The molecule has 0 fully saturated rings. The maximum atomic E-state index is 13.0. The van der Waals surface area contributed by atoms with E-state index in [0.29, 0.717) is 12.1 Å². The lowest BCUT2D eigenvalue weighted by Gasteiger charge is -2.16. The second-order valence-electron chi connectivity index (χ2n) is 4.80. The Morgan fingerprint density at radius 3 is 2.90 bits per heavy atom. The van der Waals surface area contributed by atoms with Gasteiger partial charge in [-0.1, -0.05) is 18.2 Å². The van der Waals surface area contributed by atoms with Crippen molar-refractivity contribution in [3.8, 4) is 0 Å². The highest BCUT2D eigenvalue weighted by Crippen LogP contribution is 2.35. The molecule has 0 saturated carbocycles. The van der Waals surface area contributed by atoms with Crippen molar-refractivity contribution in [2.45, 2.75) is 29.9 Å². The zero-order chi connectivity index (χ0) is 14.9. The summed E-state index contributed by atoms with van der Waals surface area (Å²) in [5.41, 5.74) is 0.797. The first-order valence-electron chi connectivity index (χ1n) is 6.59. The van der Waals surface area contributed by atoms with E-state index in [0.717, 1.165) is 29.7 Å². The number of rotatable bonds is 3. The molecule has 0 spiro atoms. The lowest BCUT2D eigenvalue weighted by Crippen LogP contribution is -2.28. The summed E-state index contributed by atoms with van der Waals surface area (Å²) in [7, 11) is 0. The van der Waals surface area contributed by atoms with Crippen molar-refractivity contribution >= 4 is 11.8 Å². The van der Waals surface area contributed by atoms with Crippen LogP contribution in [-0.2, 0) is 25.0 Å². The Bertz CT molecular complexity index is 637. The van der Waals surface area contributed by atoms with Crippen molar-refractivity contribution in [3.05, 3.63) is 47.3 Å². The van der Waals surface area contributed by atoms with Crippen LogP contribution < -0.4 is 5.32 Å². The molecular weight excluding hydrogens is 299 g/mol. The van der Waals surface area contributed by atoms with Crippen LogP contribution in [0.2, 0.25) is 0 Å². The summed E-state index contributed by atoms with van der Waals surface area (Å²) >= 11 is 1.40. The molecule has 3 rings (SSSR count). The van der Waals surface area contributed by atoms with E-state index in [9.17, 15) is 13.2 Å². The number of fused-ring (bicyclic) bond motifs is 1. The molecule has 0 saturated heterocycles. The number of nitrogens with zero attached hydrogens (tertiary/aromatic N) is 2. The van der Waals surface area contributed by atoms with Gasteiger partial charge in [0.1, 0.15) is 0 Å². The van der Waals surface area contributed by atoms with Gasteiger partial charge < -0.3 is 5.32 Å². The molecule has 7 heteroatoms. The normalized spacial score (nSPS) is 15.0. The van der Waals surface area contributed by atoms with Crippen molar-refractivity contribution in [1.29, 1.82) is 0 Å². The molecule has 0 radical (unpaired) electrons. The number of aromatic nitrogens is 2. The fourth-order valence-electron chi connectivity index (χ4n) is 2.36. The maximum Gasteiger partial charge on any atom is 0.416 e. The van der Waals surface area contributed by atoms with Crippen LogP contribution in [0.25, 0.3) is 0 Å². The van der Waals surface area contributed by atoms with Gasteiger partial charge in [0.2, 0.25) is 0 Å². The third-order valence-corrected chi connectivity index (χ3v) is 4.52. The number of halogens is 3. The first-order valence-corrected chi connectivity index (χ1v) is 7.57. The molecule has 21 heavy (non-hydrogen) atoms. The number of alkyl halides is 3. The van der Waals surface area contributed by atoms with Gasteiger partial charge in [0.25, 0.3) is 0 Å². The molecule has 0 bridgehead atoms. The van der Waals surface area contributed by atoms with Gasteiger partial charge in [-0.25, -0.2) is 0 Å². The van der Waals surface area contributed by atoms with E-state index in [-0.39, 0.29) is 5.75 Å². The Hall–Kier alpha value is -1.47. The minimum atomic E-state index is -4.31. The minimum Gasteiger partial charge on any atom is -0.309 e. The van der Waals surface area contributed by atoms with Gasteiger partial charge in [-0.2, -0.15) is 18.3 Å². The van der Waals surface area contributed by atoms with Crippen LogP contribution in [-0.4, -0.2) is 16.3 Å². The Balaban J connectivity index is 1.78. The van der Waals surface area contributed by atoms with E-state index in [1.807, 2.05) is 4.68 Å². The molecule has 0 aliphatic carbocycles. The van der Waals surface area contributed by atoms with E-state index < -0.39 is 11.7 Å². The second kappa shape index (κ2) is 5.73. The number of benzene rings is 1. The highest BCUT2D eigenvalue weighted by molar-refractivity contribution is 7.98. The van der Waals surface area contributed by atoms with Crippen LogP contribution in [0.15, 0.2) is 35.4 Å². The fraction of sp³-hybridized carbons (Fsp3) is 0.357. The smallest absolute Gasteiger partial charge is 0.309 e. The van der Waals surface area contributed by atoms with Gasteiger partial charge >= 0.3 is 6.18 Å². The summed E-state index contributed by atoms with van der Waals surface area (Å²) in [6, 6.07) is 5.72. The molecule has 3 nitrogen and oxygen atoms in total. The van der Waals surface area contributed by atoms with Crippen LogP contribution in [0.5, 0.6) is 0 Å². The van der Waals surface area contributed by atoms with Crippen LogP contribution in [0.1, 0.15) is 16.8 Å². The first-order chi connectivity index (χ1) is 10.1. The molecule has 112 valence electrons. The Kier molecular flexibility index (Phi) is 3.95. The Morgan fingerprint density at radius 2 is 2.10 bits per heavy atom. The van der Waals surface area contributed by atoms with E-state index in [2.05, 4.69) is 10.4 Å². The average molecular weight is 313 g/mol. The summed E-state index contributed by atoms with van der Waals surface area (Å²) in [4.78, 5) is 0.944. The number of hydrogen-bond donors (Lipinski definition) is 1. The summed E-state index contributed by atoms with van der Waals surface area (Å²) in [6.45, 7) is 2.38. The number of hydrogen-bond acceptors (Lipinski definition) is 3. The molecule has 1 aliphatic rings. The highest BCUT2D eigenvalue weighted by atomic mass is 32.2. The molecule has 2 aromatic rings. The summed E-state index contributed by atoms with van der Waals surface area (Å²) in [5, 5.41) is 7.52. The fourth-order valence-corrected chi connectivity index (χ4v) is 3.38. The largest absolute Gasteiger partial charge is 0.416 e. The molecule has 1 aliphatic heterocycles. The van der Waals surface area contributed by atoms with Crippen LogP contribution >= 0.6 is 11.8 Å². The van der Waals surface area contributed by atoms with Gasteiger partial charge in [0.15, 0.2) is 0 Å². The summed E-state index contributed by atoms with van der Waals surface area (Å²) < 4.78 is 40.8. The molecule has 0 amide bonds. The van der Waals surface area contributed by atoms with E-state index >= 15 is 0 Å². The molecule has 1 N–H and O–H groups in total. The predicted octanol–water partition coefficient (Wildman–Crippen LogP) is 3.30.